The molecule has 4 aromatic carbocycles. The van der Waals surface area contributed by atoms with Crippen molar-refractivity contribution >= 4 is 51.2 Å². The second-order valence-electron chi connectivity index (χ2n) is 11.6. The third-order valence-corrected chi connectivity index (χ3v) is 9.02. The quantitative estimate of drug-likeness (QED) is 0.150. The van der Waals surface area contributed by atoms with Crippen molar-refractivity contribution in [2.45, 2.75) is 31.9 Å². The molecule has 1 saturated heterocycles. The number of nitrogens with zero attached hydrogens (tertiary/aromatic N) is 3. The first-order chi connectivity index (χ1) is 23.4. The summed E-state index contributed by atoms with van der Waals surface area (Å²) in [5, 5.41) is 6.68. The Balaban J connectivity index is 0.937. The zero-order valence-corrected chi connectivity index (χ0v) is 27.1. The van der Waals surface area contributed by atoms with Crippen molar-refractivity contribution in [1.29, 1.82) is 0 Å². The van der Waals surface area contributed by atoms with Gasteiger partial charge in [0.05, 0.1) is 23.4 Å². The molecule has 1 atom stereocenters. The Morgan fingerprint density at radius 1 is 0.875 bits per heavy atom. The fraction of sp³-hybridized carbons (Fsp3) is 0.216. The summed E-state index contributed by atoms with van der Waals surface area (Å²) in [7, 11) is 0. The van der Waals surface area contributed by atoms with Crippen LogP contribution in [0.1, 0.15) is 24.8 Å². The fourth-order valence-electron chi connectivity index (χ4n) is 5.85. The first kappa shape index (κ1) is 32.8. The molecule has 0 bridgehead atoms. The Bertz CT molecular complexity index is 1880. The molecule has 1 unspecified atom stereocenters. The van der Waals surface area contributed by atoms with Crippen molar-refractivity contribution in [3.8, 4) is 11.1 Å². The minimum absolute atomic E-state index is 0.110. The summed E-state index contributed by atoms with van der Waals surface area (Å²) >= 11 is -2.51. The minimum Gasteiger partial charge on any atom is -0.755 e. The molecule has 10 nitrogen and oxygen atoms in total. The Morgan fingerprint density at radius 2 is 1.60 bits per heavy atom. The van der Waals surface area contributed by atoms with Crippen molar-refractivity contribution in [3.63, 3.8) is 0 Å². The minimum atomic E-state index is -2.51. The van der Waals surface area contributed by atoms with Crippen LogP contribution in [0.3, 0.4) is 0 Å². The van der Waals surface area contributed by atoms with Crippen LogP contribution in [-0.4, -0.2) is 56.4 Å². The monoisotopic (exact) mass is 662 g/mol. The third kappa shape index (κ3) is 8.43. The number of anilines is 3. The molecule has 0 saturated carbocycles. The van der Waals surface area contributed by atoms with Crippen LogP contribution in [0.2, 0.25) is 0 Å². The molecule has 48 heavy (non-hydrogen) atoms. The summed E-state index contributed by atoms with van der Waals surface area (Å²) in [6.07, 6.45) is 2.68. The van der Waals surface area contributed by atoms with Gasteiger partial charge in [-0.25, -0.2) is 4.79 Å². The van der Waals surface area contributed by atoms with Gasteiger partial charge in [0, 0.05) is 60.2 Å². The number of benzene rings is 4. The molecule has 0 spiro atoms. The predicted molar refractivity (Wildman–Crippen MR) is 188 cm³/mol. The van der Waals surface area contributed by atoms with Gasteiger partial charge in [-0.2, -0.15) is 0 Å². The number of nitrogens with one attached hydrogen (secondary N) is 2. The maximum absolute atomic E-state index is 12.7. The van der Waals surface area contributed by atoms with E-state index in [1.807, 2.05) is 72.8 Å². The van der Waals surface area contributed by atoms with Crippen LogP contribution in [0.4, 0.5) is 21.9 Å². The fourth-order valence-corrected chi connectivity index (χ4v) is 6.42. The van der Waals surface area contributed by atoms with Crippen molar-refractivity contribution < 1.29 is 23.1 Å². The Labute approximate surface area is 282 Å². The maximum atomic E-state index is 12.7. The number of carbonyl (C=O) groups excluding carboxylic acids is 2. The molecule has 1 fully saturated rings. The lowest BCUT2D eigenvalue weighted by Crippen LogP contribution is -2.39. The molecule has 1 aromatic heterocycles. The molecule has 5 aromatic rings. The lowest BCUT2D eigenvalue weighted by molar-refractivity contribution is -0.116. The van der Waals surface area contributed by atoms with Crippen LogP contribution in [-0.2, 0) is 27.3 Å². The van der Waals surface area contributed by atoms with Crippen LogP contribution < -0.4 is 14.9 Å². The summed E-state index contributed by atoms with van der Waals surface area (Å²) in [5.41, 5.74) is 5.16. The Kier molecular flexibility index (Phi) is 10.7. The molecule has 1 aliphatic heterocycles. The van der Waals surface area contributed by atoms with E-state index in [1.54, 1.807) is 42.6 Å². The molecule has 2 heterocycles. The number of piperidine rings is 1. The number of ether oxygens (including phenoxy) is 1. The molecule has 2 N–H and O–H groups in total. The zero-order valence-electron chi connectivity index (χ0n) is 26.3. The largest absolute Gasteiger partial charge is 0.755 e. The second-order valence-corrected chi connectivity index (χ2v) is 12.5. The number of aromatic nitrogens is 1. The normalized spacial score (nSPS) is 14.3. The summed E-state index contributed by atoms with van der Waals surface area (Å²) in [4.78, 5) is 32.0. The topological polar surface area (TPSA) is 127 Å². The Hall–Kier alpha value is -5.10. The van der Waals surface area contributed by atoms with E-state index >= 15 is 0 Å². The van der Waals surface area contributed by atoms with E-state index in [9.17, 15) is 18.4 Å². The van der Waals surface area contributed by atoms with Gasteiger partial charge in [0.25, 0.3) is 0 Å². The van der Waals surface area contributed by atoms with Gasteiger partial charge in [0.15, 0.2) is 0 Å². The highest BCUT2D eigenvalue weighted by atomic mass is 32.2. The highest BCUT2D eigenvalue weighted by Gasteiger charge is 2.23. The first-order valence-electron chi connectivity index (χ1n) is 15.9. The number of para-hydroxylation sites is 2. The number of carbonyl (C=O) groups is 2. The number of likely N-dealkylation sites (tertiary alicyclic amines) is 1. The van der Waals surface area contributed by atoms with E-state index in [-0.39, 0.29) is 18.6 Å². The molecule has 0 aliphatic carbocycles. The van der Waals surface area contributed by atoms with Gasteiger partial charge in [-0.15, -0.1) is 0 Å². The number of rotatable bonds is 11. The predicted octanol–water partition coefficient (Wildman–Crippen LogP) is 6.74. The summed E-state index contributed by atoms with van der Waals surface area (Å²) in [6, 6.07) is 33.8. The summed E-state index contributed by atoms with van der Waals surface area (Å²) in [6.45, 7) is 2.17. The third-order valence-electron chi connectivity index (χ3n) is 8.34. The maximum Gasteiger partial charge on any atom is 0.411 e. The zero-order chi connectivity index (χ0) is 33.3. The van der Waals surface area contributed by atoms with Crippen molar-refractivity contribution in [3.05, 3.63) is 121 Å². The highest BCUT2D eigenvalue weighted by Crippen LogP contribution is 2.29. The molecule has 1 aliphatic rings. The van der Waals surface area contributed by atoms with Gasteiger partial charge in [0.1, 0.15) is 6.10 Å². The van der Waals surface area contributed by atoms with E-state index in [4.69, 9.17) is 4.74 Å². The number of amides is 2. The Morgan fingerprint density at radius 3 is 2.38 bits per heavy atom. The van der Waals surface area contributed by atoms with Crippen molar-refractivity contribution in [1.82, 2.24) is 9.88 Å². The van der Waals surface area contributed by atoms with E-state index in [1.165, 1.54) is 4.31 Å². The van der Waals surface area contributed by atoms with E-state index in [2.05, 4.69) is 20.5 Å². The molecule has 6 rings (SSSR count). The second kappa shape index (κ2) is 15.7. The van der Waals surface area contributed by atoms with Gasteiger partial charge in [-0.3, -0.25) is 23.6 Å². The van der Waals surface area contributed by atoms with Crippen LogP contribution in [0, 0.1) is 0 Å². The summed E-state index contributed by atoms with van der Waals surface area (Å²) < 4.78 is 31.3. The average molecular weight is 663 g/mol. The number of hydrogen-bond donors (Lipinski definition) is 2. The standard InChI is InChI=1S/C37H37N5O5S/c43-35(39-30-17-15-27(16-18-30)26-42(48(45)46)34-14-6-10-29-11-7-22-38-36(29)34)21-25-41-23-19-31(20-24-41)47-37(44)40-33-13-5-4-12-32(33)28-8-2-1-3-9-28/h1-18,22,31H,19-21,23-26H2,(H,39,43)(H,40,44)(H,45,46)/p-1. The van der Waals surface area contributed by atoms with Gasteiger partial charge < -0.3 is 19.5 Å². The molecular weight excluding hydrogens is 627 g/mol. The van der Waals surface area contributed by atoms with Gasteiger partial charge >= 0.3 is 6.09 Å². The van der Waals surface area contributed by atoms with Gasteiger partial charge in [-0.05, 0) is 54.3 Å². The van der Waals surface area contributed by atoms with Crippen LogP contribution >= 0.6 is 0 Å². The van der Waals surface area contributed by atoms with Crippen LogP contribution in [0.5, 0.6) is 0 Å². The molecule has 246 valence electrons. The lowest BCUT2D eigenvalue weighted by atomic mass is 10.0. The average Bonchev–Trinajstić information content (AvgIpc) is 3.11. The molecule has 2 amide bonds. The van der Waals surface area contributed by atoms with Crippen molar-refractivity contribution in [2.75, 3.05) is 34.6 Å². The van der Waals surface area contributed by atoms with Crippen molar-refractivity contribution in [2.24, 2.45) is 0 Å². The highest BCUT2D eigenvalue weighted by molar-refractivity contribution is 7.80. The van der Waals surface area contributed by atoms with E-state index in [0.29, 0.717) is 48.4 Å². The molecular formula is C37H36N5O5S-. The van der Waals surface area contributed by atoms with E-state index in [0.717, 1.165) is 35.2 Å². The number of pyridine rings is 1. The van der Waals surface area contributed by atoms with Crippen LogP contribution in [0.25, 0.3) is 22.0 Å². The SMILES string of the molecule is O=C(CCN1CCC(OC(=O)Nc2ccccc2-c2ccccc2)CC1)Nc1ccc(CN(c2cccc3cccnc23)S(=O)[O-])cc1. The number of hydrogen-bond acceptors (Lipinski definition) is 7. The van der Waals surface area contributed by atoms with Crippen LogP contribution in [0.15, 0.2) is 115 Å². The molecule has 0 radical (unpaired) electrons. The smallest absolute Gasteiger partial charge is 0.411 e. The van der Waals surface area contributed by atoms with Gasteiger partial charge in [0.2, 0.25) is 5.91 Å². The summed E-state index contributed by atoms with van der Waals surface area (Å²) in [5.74, 6) is -0.110. The lowest BCUT2D eigenvalue weighted by Gasteiger charge is -2.31. The number of fused-ring (bicyclic) bond motifs is 1. The first-order valence-corrected chi connectivity index (χ1v) is 16.9. The van der Waals surface area contributed by atoms with Gasteiger partial charge in [-0.1, -0.05) is 78.9 Å². The van der Waals surface area contributed by atoms with E-state index < -0.39 is 17.4 Å². The molecule has 11 heteroatoms.